The summed E-state index contributed by atoms with van der Waals surface area (Å²) < 4.78 is 10.2. The molecule has 0 aromatic heterocycles. The first-order chi connectivity index (χ1) is 5.31. The Kier molecular flexibility index (Phi) is 7.11. The number of ether oxygens (including phenoxy) is 2. The van der Waals surface area contributed by atoms with Crippen LogP contribution < -0.4 is 0 Å². The zero-order valence-electron chi connectivity index (χ0n) is 7.17. The molecule has 0 heterocycles. The fourth-order valence-electron chi connectivity index (χ4n) is 0.596. The fourth-order valence-corrected chi connectivity index (χ4v) is 0.596. The molecule has 0 aliphatic heterocycles. The van der Waals surface area contributed by atoms with E-state index in [1.54, 1.807) is 6.92 Å². The van der Waals surface area contributed by atoms with Crippen LogP contribution in [0.1, 0.15) is 26.7 Å². The van der Waals surface area contributed by atoms with Gasteiger partial charge in [0.05, 0.1) is 6.07 Å². The maximum atomic E-state index is 8.16. The average Bonchev–Trinajstić information content (AvgIpc) is 2.01. The minimum absolute atomic E-state index is 0.104. The largest absolute Gasteiger partial charge is 0.353 e. The van der Waals surface area contributed by atoms with E-state index in [1.165, 1.54) is 0 Å². The van der Waals surface area contributed by atoms with Crippen LogP contribution in [-0.2, 0) is 9.47 Å². The van der Waals surface area contributed by atoms with E-state index in [9.17, 15) is 0 Å². The highest BCUT2D eigenvalue weighted by atomic mass is 16.7. The molecule has 3 nitrogen and oxygen atoms in total. The van der Waals surface area contributed by atoms with Gasteiger partial charge in [-0.05, 0) is 13.3 Å². The predicted molar refractivity (Wildman–Crippen MR) is 41.9 cm³/mol. The summed E-state index contributed by atoms with van der Waals surface area (Å²) >= 11 is 0. The molecular formula is C8H15NO2. The van der Waals surface area contributed by atoms with E-state index in [2.05, 4.69) is 6.92 Å². The first kappa shape index (κ1) is 10.4. The Balaban J connectivity index is 3.10. The molecule has 0 amide bonds. The average molecular weight is 157 g/mol. The Bertz CT molecular complexity index is 120. The summed E-state index contributed by atoms with van der Waals surface area (Å²) in [5.41, 5.74) is 0. The standard InChI is InChI=1S/C8H15NO2/c1-3-4-6-10-8(2)11-7-5-9/h8H,3-4,6-7H2,1-2H3/t8-/m1/s1. The number of nitrogens with zero attached hydrogens (tertiary/aromatic N) is 1. The van der Waals surface area contributed by atoms with Gasteiger partial charge in [-0.2, -0.15) is 5.26 Å². The number of unbranched alkanes of at least 4 members (excludes halogenated alkanes) is 1. The van der Waals surface area contributed by atoms with Crippen molar-refractivity contribution < 1.29 is 9.47 Å². The first-order valence-corrected chi connectivity index (χ1v) is 3.91. The van der Waals surface area contributed by atoms with Crippen molar-refractivity contribution in [2.45, 2.75) is 33.0 Å². The van der Waals surface area contributed by atoms with Gasteiger partial charge >= 0.3 is 0 Å². The predicted octanol–water partition coefficient (Wildman–Crippen LogP) is 1.69. The molecule has 0 aromatic rings. The second-order valence-corrected chi connectivity index (χ2v) is 2.26. The summed E-state index contributed by atoms with van der Waals surface area (Å²) in [6, 6.07) is 1.89. The number of hydrogen-bond donors (Lipinski definition) is 0. The van der Waals surface area contributed by atoms with Gasteiger partial charge in [0.1, 0.15) is 6.61 Å². The van der Waals surface area contributed by atoms with Crippen LogP contribution >= 0.6 is 0 Å². The molecule has 1 atom stereocenters. The van der Waals surface area contributed by atoms with Crippen molar-refractivity contribution in [1.29, 1.82) is 5.26 Å². The summed E-state index contributed by atoms with van der Waals surface area (Å²) in [5, 5.41) is 8.16. The van der Waals surface area contributed by atoms with Crippen LogP contribution in [0.2, 0.25) is 0 Å². The molecule has 3 heteroatoms. The highest BCUT2D eigenvalue weighted by molar-refractivity contribution is 4.66. The number of hydrogen-bond acceptors (Lipinski definition) is 3. The van der Waals surface area contributed by atoms with Gasteiger partial charge in [-0.1, -0.05) is 13.3 Å². The van der Waals surface area contributed by atoms with Gasteiger partial charge in [0.15, 0.2) is 6.29 Å². The lowest BCUT2D eigenvalue weighted by molar-refractivity contribution is -0.121. The highest BCUT2D eigenvalue weighted by Gasteiger charge is 1.99. The highest BCUT2D eigenvalue weighted by Crippen LogP contribution is 1.95. The zero-order chi connectivity index (χ0) is 8.53. The van der Waals surface area contributed by atoms with Crippen molar-refractivity contribution in [3.05, 3.63) is 0 Å². The van der Waals surface area contributed by atoms with Crippen LogP contribution in [0, 0.1) is 11.3 Å². The zero-order valence-corrected chi connectivity index (χ0v) is 7.17. The van der Waals surface area contributed by atoms with Gasteiger partial charge in [-0.15, -0.1) is 0 Å². The van der Waals surface area contributed by atoms with Gasteiger partial charge in [-0.25, -0.2) is 0 Å². The van der Waals surface area contributed by atoms with Crippen LogP contribution in [0.15, 0.2) is 0 Å². The Morgan fingerprint density at radius 3 is 2.73 bits per heavy atom. The summed E-state index contributed by atoms with van der Waals surface area (Å²) in [4.78, 5) is 0. The lowest BCUT2D eigenvalue weighted by Crippen LogP contribution is -2.13. The van der Waals surface area contributed by atoms with Crippen LogP contribution in [0.3, 0.4) is 0 Å². The summed E-state index contributed by atoms with van der Waals surface area (Å²) in [6.07, 6.45) is 1.91. The Morgan fingerprint density at radius 1 is 1.45 bits per heavy atom. The molecule has 0 fully saturated rings. The van der Waals surface area contributed by atoms with Crippen molar-refractivity contribution in [1.82, 2.24) is 0 Å². The summed E-state index contributed by atoms with van der Waals surface area (Å²) in [5.74, 6) is 0. The number of nitriles is 1. The second kappa shape index (κ2) is 7.52. The number of rotatable bonds is 6. The second-order valence-electron chi connectivity index (χ2n) is 2.26. The van der Waals surface area contributed by atoms with Crippen LogP contribution in [-0.4, -0.2) is 19.5 Å². The van der Waals surface area contributed by atoms with Crippen LogP contribution in [0.25, 0.3) is 0 Å². The molecule has 0 rings (SSSR count). The third-order valence-electron chi connectivity index (χ3n) is 1.23. The molecule has 0 aromatic carbocycles. The van der Waals surface area contributed by atoms with Gasteiger partial charge in [0.2, 0.25) is 0 Å². The molecule has 0 aliphatic rings. The smallest absolute Gasteiger partial charge is 0.156 e. The molecule has 11 heavy (non-hydrogen) atoms. The van der Waals surface area contributed by atoms with E-state index in [4.69, 9.17) is 14.7 Å². The molecule has 0 saturated carbocycles. The maximum absolute atomic E-state index is 8.16. The molecule has 0 unspecified atom stereocenters. The molecule has 0 bridgehead atoms. The molecule has 0 aliphatic carbocycles. The van der Waals surface area contributed by atoms with E-state index in [-0.39, 0.29) is 12.9 Å². The third kappa shape index (κ3) is 7.31. The van der Waals surface area contributed by atoms with E-state index in [0.717, 1.165) is 12.8 Å². The fraction of sp³-hybridized carbons (Fsp3) is 0.875. The molecule has 64 valence electrons. The molecular weight excluding hydrogens is 142 g/mol. The lowest BCUT2D eigenvalue weighted by atomic mass is 10.4. The molecule has 0 N–H and O–H groups in total. The molecule has 0 saturated heterocycles. The normalized spacial score (nSPS) is 12.5. The summed E-state index contributed by atoms with van der Waals surface area (Å²) in [7, 11) is 0. The monoisotopic (exact) mass is 157 g/mol. The van der Waals surface area contributed by atoms with Crippen molar-refractivity contribution in [2.75, 3.05) is 13.2 Å². The van der Waals surface area contributed by atoms with E-state index in [0.29, 0.717) is 6.61 Å². The quantitative estimate of drug-likeness (QED) is 0.435. The maximum Gasteiger partial charge on any atom is 0.156 e. The Hall–Kier alpha value is -0.590. The minimum atomic E-state index is -0.249. The minimum Gasteiger partial charge on any atom is -0.353 e. The molecule has 0 radical (unpaired) electrons. The van der Waals surface area contributed by atoms with Crippen molar-refractivity contribution in [2.24, 2.45) is 0 Å². The Labute approximate surface area is 67.9 Å². The van der Waals surface area contributed by atoms with E-state index >= 15 is 0 Å². The van der Waals surface area contributed by atoms with Gasteiger partial charge in [0.25, 0.3) is 0 Å². The van der Waals surface area contributed by atoms with Crippen LogP contribution in [0.5, 0.6) is 0 Å². The Morgan fingerprint density at radius 2 is 2.18 bits per heavy atom. The van der Waals surface area contributed by atoms with Gasteiger partial charge in [0, 0.05) is 6.61 Å². The third-order valence-corrected chi connectivity index (χ3v) is 1.23. The van der Waals surface area contributed by atoms with Crippen molar-refractivity contribution in [3.8, 4) is 6.07 Å². The first-order valence-electron chi connectivity index (χ1n) is 3.91. The topological polar surface area (TPSA) is 42.2 Å². The van der Waals surface area contributed by atoms with Crippen molar-refractivity contribution >= 4 is 0 Å². The van der Waals surface area contributed by atoms with Gasteiger partial charge in [-0.3, -0.25) is 0 Å². The van der Waals surface area contributed by atoms with E-state index in [1.807, 2.05) is 6.07 Å². The van der Waals surface area contributed by atoms with Crippen LogP contribution in [0.4, 0.5) is 0 Å². The lowest BCUT2D eigenvalue weighted by Gasteiger charge is -2.10. The summed E-state index contributed by atoms with van der Waals surface area (Å²) in [6.45, 7) is 4.72. The van der Waals surface area contributed by atoms with Crippen molar-refractivity contribution in [3.63, 3.8) is 0 Å². The molecule has 0 spiro atoms. The van der Waals surface area contributed by atoms with Gasteiger partial charge < -0.3 is 9.47 Å². The SMILES string of the molecule is CCCCO[C@@H](C)OCC#N. The van der Waals surface area contributed by atoms with E-state index < -0.39 is 0 Å².